The zero-order valence-corrected chi connectivity index (χ0v) is 9.32. The lowest BCUT2D eigenvalue weighted by atomic mass is 10.0. The third kappa shape index (κ3) is 1.74. The Hall–Kier alpha value is -1.36. The Morgan fingerprint density at radius 1 is 1.40 bits per heavy atom. The molecule has 0 radical (unpaired) electrons. The van der Waals surface area contributed by atoms with E-state index in [1.807, 2.05) is 12.1 Å². The average molecular weight is 270 g/mol. The van der Waals surface area contributed by atoms with Crippen LogP contribution in [0.15, 0.2) is 22.7 Å². The van der Waals surface area contributed by atoms with Crippen LogP contribution in [0, 0.1) is 0 Å². The highest BCUT2D eigenvalue weighted by atomic mass is 79.9. The lowest BCUT2D eigenvalue weighted by Gasteiger charge is -2.25. The summed E-state index contributed by atoms with van der Waals surface area (Å²) in [7, 11) is 0. The number of halogens is 1. The van der Waals surface area contributed by atoms with Gasteiger partial charge in [-0.15, -0.1) is 0 Å². The third-order valence-corrected chi connectivity index (χ3v) is 2.83. The van der Waals surface area contributed by atoms with Crippen molar-refractivity contribution in [3.63, 3.8) is 0 Å². The minimum Gasteiger partial charge on any atom is -0.464 e. The smallest absolute Gasteiger partial charge is 0.418 e. The van der Waals surface area contributed by atoms with E-state index in [4.69, 9.17) is 5.11 Å². The third-order valence-electron chi connectivity index (χ3n) is 2.34. The molecule has 2 rings (SSSR count). The van der Waals surface area contributed by atoms with Crippen molar-refractivity contribution in [1.82, 2.24) is 0 Å². The molecule has 0 saturated carbocycles. The maximum Gasteiger partial charge on any atom is 0.418 e. The van der Waals surface area contributed by atoms with Crippen molar-refractivity contribution in [2.75, 3.05) is 4.90 Å². The average Bonchev–Trinajstić information content (AvgIpc) is 2.16. The van der Waals surface area contributed by atoms with Gasteiger partial charge in [0.1, 0.15) is 0 Å². The molecule has 0 fully saturated rings. The van der Waals surface area contributed by atoms with E-state index in [0.717, 1.165) is 14.9 Å². The SMILES string of the molecule is O=C(O)N1C(=O)CCc2ccc(Br)cc21. The van der Waals surface area contributed by atoms with Crippen molar-refractivity contribution in [2.24, 2.45) is 0 Å². The monoisotopic (exact) mass is 269 g/mol. The largest absolute Gasteiger partial charge is 0.464 e. The van der Waals surface area contributed by atoms with Crippen molar-refractivity contribution in [3.8, 4) is 0 Å². The highest BCUT2D eigenvalue weighted by molar-refractivity contribution is 9.10. The fraction of sp³-hybridized carbons (Fsp3) is 0.200. The second-order valence-corrected chi connectivity index (χ2v) is 4.20. The first kappa shape index (κ1) is 10.2. The standard InChI is InChI=1S/C10H8BrNO3/c11-7-3-1-6-2-4-9(13)12(10(14)15)8(6)5-7/h1,3,5H,2,4H2,(H,14,15). The molecule has 4 nitrogen and oxygen atoms in total. The molecule has 1 aromatic carbocycles. The van der Waals surface area contributed by atoms with Crippen molar-refractivity contribution in [1.29, 1.82) is 0 Å². The number of carboxylic acid groups (broad SMARTS) is 1. The quantitative estimate of drug-likeness (QED) is 0.787. The van der Waals surface area contributed by atoms with Crippen LogP contribution in [-0.4, -0.2) is 17.1 Å². The molecule has 0 spiro atoms. The number of carbonyl (C=O) groups excluding carboxylic acids is 1. The molecule has 1 heterocycles. The van der Waals surface area contributed by atoms with E-state index in [2.05, 4.69) is 15.9 Å². The van der Waals surface area contributed by atoms with E-state index in [1.54, 1.807) is 6.07 Å². The summed E-state index contributed by atoms with van der Waals surface area (Å²) in [5.74, 6) is -0.367. The van der Waals surface area contributed by atoms with Crippen LogP contribution in [0.4, 0.5) is 10.5 Å². The molecule has 0 aliphatic carbocycles. The van der Waals surface area contributed by atoms with Crippen LogP contribution in [0.2, 0.25) is 0 Å². The van der Waals surface area contributed by atoms with Gasteiger partial charge in [0.25, 0.3) is 0 Å². The van der Waals surface area contributed by atoms with Gasteiger partial charge in [0.05, 0.1) is 5.69 Å². The van der Waals surface area contributed by atoms with Gasteiger partial charge in [0.15, 0.2) is 0 Å². The number of hydrogen-bond acceptors (Lipinski definition) is 2. The lowest BCUT2D eigenvalue weighted by Crippen LogP contribution is -2.39. The fourth-order valence-corrected chi connectivity index (χ4v) is 2.00. The number of hydrogen-bond donors (Lipinski definition) is 1. The van der Waals surface area contributed by atoms with E-state index in [9.17, 15) is 9.59 Å². The van der Waals surface area contributed by atoms with Gasteiger partial charge in [-0.1, -0.05) is 22.0 Å². The number of nitrogens with zero attached hydrogens (tertiary/aromatic N) is 1. The summed E-state index contributed by atoms with van der Waals surface area (Å²) >= 11 is 3.26. The Morgan fingerprint density at radius 3 is 2.80 bits per heavy atom. The number of carbonyl (C=O) groups is 2. The predicted octanol–water partition coefficient (Wildman–Crippen LogP) is 2.41. The molecule has 1 aromatic rings. The Balaban J connectivity index is 2.55. The minimum atomic E-state index is -1.22. The zero-order chi connectivity index (χ0) is 11.0. The molecule has 78 valence electrons. The molecule has 1 aliphatic rings. The van der Waals surface area contributed by atoms with Crippen LogP contribution in [0.25, 0.3) is 0 Å². The summed E-state index contributed by atoms with van der Waals surface area (Å²) in [5.41, 5.74) is 1.35. The van der Waals surface area contributed by atoms with Crippen LogP contribution in [0.1, 0.15) is 12.0 Å². The molecule has 15 heavy (non-hydrogen) atoms. The van der Waals surface area contributed by atoms with Crippen molar-refractivity contribution < 1.29 is 14.7 Å². The molecular weight excluding hydrogens is 262 g/mol. The summed E-state index contributed by atoms with van der Waals surface area (Å²) in [4.78, 5) is 23.2. The first-order chi connectivity index (χ1) is 7.09. The molecule has 0 saturated heterocycles. The van der Waals surface area contributed by atoms with E-state index < -0.39 is 6.09 Å². The number of benzene rings is 1. The highest BCUT2D eigenvalue weighted by Crippen LogP contribution is 2.30. The molecule has 5 heteroatoms. The van der Waals surface area contributed by atoms with Gasteiger partial charge < -0.3 is 5.11 Å². The fourth-order valence-electron chi connectivity index (χ4n) is 1.65. The predicted molar refractivity (Wildman–Crippen MR) is 58.0 cm³/mol. The second kappa shape index (κ2) is 3.66. The molecule has 2 amide bonds. The first-order valence-corrected chi connectivity index (χ1v) is 5.23. The van der Waals surface area contributed by atoms with E-state index >= 15 is 0 Å². The van der Waals surface area contributed by atoms with Gasteiger partial charge in [-0.3, -0.25) is 4.79 Å². The van der Waals surface area contributed by atoms with Gasteiger partial charge in [0.2, 0.25) is 5.91 Å². The lowest BCUT2D eigenvalue weighted by molar-refractivity contribution is -0.118. The van der Waals surface area contributed by atoms with Gasteiger partial charge in [-0.25, -0.2) is 9.69 Å². The van der Waals surface area contributed by atoms with E-state index in [0.29, 0.717) is 12.1 Å². The second-order valence-electron chi connectivity index (χ2n) is 3.28. The summed E-state index contributed by atoms with van der Waals surface area (Å²) in [6.45, 7) is 0. The number of amides is 2. The molecule has 0 bridgehead atoms. The number of imide groups is 1. The topological polar surface area (TPSA) is 57.6 Å². The highest BCUT2D eigenvalue weighted by Gasteiger charge is 2.29. The van der Waals surface area contributed by atoms with Gasteiger partial charge in [-0.05, 0) is 24.1 Å². The maximum atomic E-state index is 11.4. The number of aryl methyl sites for hydroxylation is 1. The van der Waals surface area contributed by atoms with Crippen molar-refractivity contribution in [3.05, 3.63) is 28.2 Å². The van der Waals surface area contributed by atoms with Gasteiger partial charge in [0, 0.05) is 10.9 Å². The normalized spacial score (nSPS) is 15.0. The molecule has 1 N–H and O–H groups in total. The van der Waals surface area contributed by atoms with Crippen molar-refractivity contribution in [2.45, 2.75) is 12.8 Å². The van der Waals surface area contributed by atoms with Crippen LogP contribution in [-0.2, 0) is 11.2 Å². The van der Waals surface area contributed by atoms with Crippen LogP contribution in [0.5, 0.6) is 0 Å². The molecule has 1 aliphatic heterocycles. The Labute approximate surface area is 94.6 Å². The summed E-state index contributed by atoms with van der Waals surface area (Å²) in [6, 6.07) is 5.33. The van der Waals surface area contributed by atoms with Gasteiger partial charge >= 0.3 is 6.09 Å². The van der Waals surface area contributed by atoms with Crippen molar-refractivity contribution >= 4 is 33.6 Å². The number of anilines is 1. The maximum absolute atomic E-state index is 11.4. The Morgan fingerprint density at radius 2 is 2.13 bits per heavy atom. The molecule has 0 atom stereocenters. The molecular formula is C10H8BrNO3. The molecule has 0 aromatic heterocycles. The summed E-state index contributed by atoms with van der Waals surface area (Å²) < 4.78 is 0.766. The Kier molecular flexibility index (Phi) is 2.48. The zero-order valence-electron chi connectivity index (χ0n) is 7.74. The number of fused-ring (bicyclic) bond motifs is 1. The van der Waals surface area contributed by atoms with E-state index in [1.165, 1.54) is 0 Å². The van der Waals surface area contributed by atoms with E-state index in [-0.39, 0.29) is 12.3 Å². The van der Waals surface area contributed by atoms with Crippen LogP contribution < -0.4 is 4.90 Å². The molecule has 0 unspecified atom stereocenters. The number of rotatable bonds is 0. The van der Waals surface area contributed by atoms with Crippen LogP contribution >= 0.6 is 15.9 Å². The first-order valence-electron chi connectivity index (χ1n) is 4.44. The summed E-state index contributed by atoms with van der Waals surface area (Å²) in [6.07, 6.45) is -0.370. The van der Waals surface area contributed by atoms with Gasteiger partial charge in [-0.2, -0.15) is 0 Å². The van der Waals surface area contributed by atoms with Crippen LogP contribution in [0.3, 0.4) is 0 Å². The summed E-state index contributed by atoms with van der Waals surface area (Å²) in [5, 5.41) is 8.94. The Bertz CT molecular complexity index is 444. The minimum absolute atomic E-state index is 0.251.